The molecule has 0 bridgehead atoms. The number of hydrogen-bond donors (Lipinski definition) is 1. The van der Waals surface area contributed by atoms with Crippen molar-refractivity contribution in [1.82, 2.24) is 4.90 Å². The van der Waals surface area contributed by atoms with Gasteiger partial charge in [-0.05, 0) is 13.8 Å². The molecule has 0 saturated carbocycles. The van der Waals surface area contributed by atoms with Crippen LogP contribution in [0.25, 0.3) is 0 Å². The number of rotatable bonds is 0. The van der Waals surface area contributed by atoms with E-state index in [0.29, 0.717) is 0 Å². The van der Waals surface area contributed by atoms with Crippen LogP contribution in [0.3, 0.4) is 0 Å². The molecule has 64 valence electrons. The van der Waals surface area contributed by atoms with Crippen LogP contribution in [0.2, 0.25) is 0 Å². The van der Waals surface area contributed by atoms with Crippen LogP contribution in [0, 0.1) is 0 Å². The summed E-state index contributed by atoms with van der Waals surface area (Å²) in [6, 6.07) is 0. The molecule has 0 atom stereocenters. The molecule has 3 amide bonds. The number of hydrogen-bond acceptors (Lipinski definition) is 3. The Balaban J connectivity index is 3.12. The van der Waals surface area contributed by atoms with E-state index in [-0.39, 0.29) is 16.0 Å². The van der Waals surface area contributed by atoms with E-state index in [4.69, 9.17) is 5.11 Å². The summed E-state index contributed by atoms with van der Waals surface area (Å²) in [5.41, 5.74) is 0.393. The normalized spacial score (nSPS) is 17.7. The van der Waals surface area contributed by atoms with Crippen LogP contribution in [0.15, 0.2) is 11.1 Å². The number of carboxylic acid groups (broad SMARTS) is 1. The molecule has 1 aliphatic rings. The van der Waals surface area contributed by atoms with E-state index in [2.05, 4.69) is 0 Å². The van der Waals surface area contributed by atoms with Gasteiger partial charge in [0, 0.05) is 11.1 Å². The zero-order valence-corrected chi connectivity index (χ0v) is 6.62. The number of imide groups is 3. The molecule has 1 heterocycles. The maximum atomic E-state index is 11.0. The molecule has 1 N–H and O–H groups in total. The summed E-state index contributed by atoms with van der Waals surface area (Å²) in [6.07, 6.45) is -1.53. The van der Waals surface area contributed by atoms with Gasteiger partial charge in [-0.2, -0.15) is 4.90 Å². The second kappa shape index (κ2) is 2.44. The van der Waals surface area contributed by atoms with Gasteiger partial charge < -0.3 is 5.11 Å². The summed E-state index contributed by atoms with van der Waals surface area (Å²) in [5.74, 6) is -1.49. The lowest BCUT2D eigenvalue weighted by molar-refractivity contribution is -0.134. The summed E-state index contributed by atoms with van der Waals surface area (Å²) >= 11 is 0. The van der Waals surface area contributed by atoms with Gasteiger partial charge in [-0.15, -0.1) is 0 Å². The Morgan fingerprint density at radius 3 is 1.67 bits per heavy atom. The molecule has 1 rings (SSSR count). The highest BCUT2D eigenvalue weighted by Crippen LogP contribution is 2.19. The van der Waals surface area contributed by atoms with E-state index in [1.165, 1.54) is 13.8 Å². The van der Waals surface area contributed by atoms with E-state index in [1.807, 2.05) is 0 Å². The Labute approximate surface area is 68.3 Å². The van der Waals surface area contributed by atoms with E-state index in [9.17, 15) is 14.4 Å². The van der Waals surface area contributed by atoms with Crippen molar-refractivity contribution >= 4 is 17.9 Å². The maximum Gasteiger partial charge on any atom is 0.421 e. The van der Waals surface area contributed by atoms with Crippen LogP contribution in [0.5, 0.6) is 0 Å². The third-order valence-corrected chi connectivity index (χ3v) is 1.80. The first-order chi connectivity index (χ1) is 5.46. The first kappa shape index (κ1) is 8.45. The third-order valence-electron chi connectivity index (χ3n) is 1.80. The van der Waals surface area contributed by atoms with Crippen LogP contribution in [-0.4, -0.2) is 27.9 Å². The first-order valence-corrected chi connectivity index (χ1v) is 3.26. The summed E-state index contributed by atoms with van der Waals surface area (Å²) < 4.78 is 0. The Morgan fingerprint density at radius 2 is 1.50 bits per heavy atom. The zero-order chi connectivity index (χ0) is 9.46. The van der Waals surface area contributed by atoms with Crippen LogP contribution < -0.4 is 0 Å². The average molecular weight is 169 g/mol. The van der Waals surface area contributed by atoms with Crippen molar-refractivity contribution in [2.45, 2.75) is 13.8 Å². The van der Waals surface area contributed by atoms with Gasteiger partial charge in [0.2, 0.25) is 0 Å². The van der Waals surface area contributed by atoms with Gasteiger partial charge in [-0.3, -0.25) is 9.59 Å². The van der Waals surface area contributed by atoms with Crippen molar-refractivity contribution < 1.29 is 19.5 Å². The Kier molecular flexibility index (Phi) is 1.72. The Hall–Kier alpha value is -1.65. The minimum absolute atomic E-state index is 0.197. The average Bonchev–Trinajstić information content (AvgIpc) is 2.16. The second-order valence-corrected chi connectivity index (χ2v) is 2.48. The van der Waals surface area contributed by atoms with Gasteiger partial charge in [0.1, 0.15) is 0 Å². The molecule has 0 spiro atoms. The molecule has 5 nitrogen and oxygen atoms in total. The van der Waals surface area contributed by atoms with Crippen molar-refractivity contribution in [2.75, 3.05) is 0 Å². The van der Waals surface area contributed by atoms with Gasteiger partial charge >= 0.3 is 6.09 Å². The molecule has 0 aromatic heterocycles. The van der Waals surface area contributed by atoms with E-state index in [1.54, 1.807) is 0 Å². The molecule has 0 aromatic carbocycles. The van der Waals surface area contributed by atoms with E-state index >= 15 is 0 Å². The maximum absolute atomic E-state index is 11.0. The minimum Gasteiger partial charge on any atom is -0.464 e. The minimum atomic E-state index is -1.53. The zero-order valence-electron chi connectivity index (χ0n) is 6.62. The molecule has 0 fully saturated rings. The largest absolute Gasteiger partial charge is 0.464 e. The Bertz CT molecular complexity index is 291. The van der Waals surface area contributed by atoms with Crippen LogP contribution in [-0.2, 0) is 9.59 Å². The molecular weight excluding hydrogens is 162 g/mol. The molecule has 12 heavy (non-hydrogen) atoms. The summed E-state index contributed by atoms with van der Waals surface area (Å²) in [7, 11) is 0. The fourth-order valence-corrected chi connectivity index (χ4v) is 0.922. The van der Waals surface area contributed by atoms with Crippen molar-refractivity contribution in [3.63, 3.8) is 0 Å². The fraction of sp³-hybridized carbons (Fsp3) is 0.286. The molecule has 0 unspecified atom stereocenters. The third kappa shape index (κ3) is 0.903. The number of carbonyl (C=O) groups is 3. The molecular formula is C7H7NO4. The summed E-state index contributed by atoms with van der Waals surface area (Å²) in [5, 5.41) is 8.45. The highest BCUT2D eigenvalue weighted by molar-refractivity contribution is 6.25. The fourth-order valence-electron chi connectivity index (χ4n) is 0.922. The highest BCUT2D eigenvalue weighted by Gasteiger charge is 2.37. The predicted octanol–water partition coefficient (Wildman–Crippen LogP) is 0.370. The van der Waals surface area contributed by atoms with E-state index < -0.39 is 17.9 Å². The molecule has 0 radical (unpaired) electrons. The quantitative estimate of drug-likeness (QED) is 0.531. The molecule has 0 aromatic rings. The van der Waals surface area contributed by atoms with Gasteiger partial charge in [-0.25, -0.2) is 4.79 Å². The van der Waals surface area contributed by atoms with Crippen molar-refractivity contribution in [3.8, 4) is 0 Å². The lowest BCUT2D eigenvalue weighted by Crippen LogP contribution is -2.36. The monoisotopic (exact) mass is 169 g/mol. The summed E-state index contributed by atoms with van der Waals surface area (Å²) in [6.45, 7) is 2.86. The van der Waals surface area contributed by atoms with Gasteiger partial charge in [0.05, 0.1) is 0 Å². The lowest BCUT2D eigenvalue weighted by atomic mass is 10.2. The number of carbonyl (C=O) groups excluding carboxylic acids is 2. The van der Waals surface area contributed by atoms with Crippen molar-refractivity contribution in [3.05, 3.63) is 11.1 Å². The van der Waals surface area contributed by atoms with Crippen LogP contribution in [0.1, 0.15) is 13.8 Å². The van der Waals surface area contributed by atoms with Gasteiger partial charge in [0.25, 0.3) is 11.8 Å². The molecule has 5 heteroatoms. The standard InChI is InChI=1S/C7H7NO4/c1-3-4(2)6(10)8(5(3)9)7(11)12/h1-2H3,(H,11,12). The molecule has 0 aliphatic carbocycles. The van der Waals surface area contributed by atoms with Crippen molar-refractivity contribution in [1.29, 1.82) is 0 Å². The van der Waals surface area contributed by atoms with Crippen LogP contribution in [0.4, 0.5) is 4.79 Å². The predicted molar refractivity (Wildman–Crippen MR) is 38.3 cm³/mol. The molecule has 1 aliphatic heterocycles. The van der Waals surface area contributed by atoms with Gasteiger partial charge in [0.15, 0.2) is 0 Å². The topological polar surface area (TPSA) is 74.7 Å². The van der Waals surface area contributed by atoms with Gasteiger partial charge in [-0.1, -0.05) is 0 Å². The summed E-state index contributed by atoms with van der Waals surface area (Å²) in [4.78, 5) is 32.7. The second-order valence-electron chi connectivity index (χ2n) is 2.48. The lowest BCUT2D eigenvalue weighted by Gasteiger charge is -2.05. The highest BCUT2D eigenvalue weighted by atomic mass is 16.4. The van der Waals surface area contributed by atoms with Crippen molar-refractivity contribution in [2.24, 2.45) is 0 Å². The number of nitrogens with zero attached hydrogens (tertiary/aromatic N) is 1. The number of amides is 3. The SMILES string of the molecule is CC1=C(C)C(=O)N(C(=O)O)C1=O. The van der Waals surface area contributed by atoms with Crippen LogP contribution >= 0.6 is 0 Å². The first-order valence-electron chi connectivity index (χ1n) is 3.26. The smallest absolute Gasteiger partial charge is 0.421 e. The Morgan fingerprint density at radius 1 is 1.17 bits per heavy atom. The molecule has 0 saturated heterocycles. The van der Waals surface area contributed by atoms with E-state index in [0.717, 1.165) is 0 Å².